The Morgan fingerprint density at radius 1 is 1.00 bits per heavy atom. The summed E-state index contributed by atoms with van der Waals surface area (Å²) in [5, 5.41) is 11.1. The number of fused-ring (bicyclic) bond motifs is 1. The van der Waals surface area contributed by atoms with Crippen LogP contribution in [0.1, 0.15) is 42.0 Å². The number of hydrogen-bond acceptors (Lipinski definition) is 2. The van der Waals surface area contributed by atoms with Gasteiger partial charge in [-0.2, -0.15) is 0 Å². The predicted octanol–water partition coefficient (Wildman–Crippen LogP) is 3.83. The number of benzene rings is 2. The lowest BCUT2D eigenvalue weighted by Gasteiger charge is -2.28. The zero-order valence-corrected chi connectivity index (χ0v) is 12.7. The van der Waals surface area contributed by atoms with Gasteiger partial charge in [0.1, 0.15) is 11.4 Å². The normalized spacial score (nSPS) is 16.9. The van der Waals surface area contributed by atoms with Crippen molar-refractivity contribution in [2.24, 2.45) is 0 Å². The zero-order chi connectivity index (χ0) is 14.9. The van der Waals surface area contributed by atoms with Crippen molar-refractivity contribution in [3.63, 3.8) is 0 Å². The van der Waals surface area contributed by atoms with Crippen LogP contribution < -0.4 is 4.74 Å². The molecule has 1 N–H and O–H groups in total. The summed E-state index contributed by atoms with van der Waals surface area (Å²) in [6, 6.07) is 14.1. The molecule has 2 nitrogen and oxygen atoms in total. The molecule has 0 radical (unpaired) electrons. The minimum Gasteiger partial charge on any atom is -0.496 e. The zero-order valence-electron chi connectivity index (χ0n) is 12.7. The van der Waals surface area contributed by atoms with Crippen LogP contribution in [0, 0.1) is 0 Å². The first-order valence-corrected chi connectivity index (χ1v) is 7.61. The highest BCUT2D eigenvalue weighted by molar-refractivity contribution is 5.46. The van der Waals surface area contributed by atoms with Crippen molar-refractivity contribution in [2.75, 3.05) is 7.11 Å². The molecule has 0 amide bonds. The molecule has 1 aliphatic rings. The summed E-state index contributed by atoms with van der Waals surface area (Å²) in [5.41, 5.74) is 3.52. The molecule has 110 valence electrons. The highest BCUT2D eigenvalue weighted by Crippen LogP contribution is 2.36. The van der Waals surface area contributed by atoms with E-state index in [1.54, 1.807) is 7.11 Å². The summed E-state index contributed by atoms with van der Waals surface area (Å²) in [4.78, 5) is 0. The second kappa shape index (κ2) is 5.53. The molecule has 3 rings (SSSR count). The molecular weight excluding hydrogens is 260 g/mol. The number of ether oxygens (including phenoxy) is 1. The van der Waals surface area contributed by atoms with Crippen molar-refractivity contribution < 1.29 is 9.84 Å². The van der Waals surface area contributed by atoms with Crippen LogP contribution in [0.25, 0.3) is 0 Å². The van der Waals surface area contributed by atoms with Crippen LogP contribution >= 0.6 is 0 Å². The van der Waals surface area contributed by atoms with Crippen LogP contribution in [-0.4, -0.2) is 12.2 Å². The number of methoxy groups -OCH3 is 1. The van der Waals surface area contributed by atoms with Gasteiger partial charge >= 0.3 is 0 Å². The Bertz CT molecular complexity index is 644. The van der Waals surface area contributed by atoms with Gasteiger partial charge in [-0.15, -0.1) is 0 Å². The third-order valence-electron chi connectivity index (χ3n) is 4.54. The SMILES string of the molecule is COc1ccccc1C(C)(O)c1ccc2c(c1)CCCC2. The van der Waals surface area contributed by atoms with Crippen LogP contribution in [-0.2, 0) is 18.4 Å². The van der Waals surface area contributed by atoms with Crippen molar-refractivity contribution >= 4 is 0 Å². The summed E-state index contributed by atoms with van der Waals surface area (Å²) in [6.45, 7) is 1.84. The quantitative estimate of drug-likeness (QED) is 0.927. The van der Waals surface area contributed by atoms with E-state index in [9.17, 15) is 5.11 Å². The molecule has 0 saturated heterocycles. The summed E-state index contributed by atoms with van der Waals surface area (Å²) in [6.07, 6.45) is 4.79. The van der Waals surface area contributed by atoms with Crippen molar-refractivity contribution in [3.8, 4) is 5.75 Å². The lowest BCUT2D eigenvalue weighted by molar-refractivity contribution is 0.0988. The number of aryl methyl sites for hydroxylation is 2. The molecule has 1 atom stereocenters. The second-order valence-electron chi connectivity index (χ2n) is 5.96. The van der Waals surface area contributed by atoms with E-state index in [0.717, 1.165) is 29.7 Å². The monoisotopic (exact) mass is 282 g/mol. The van der Waals surface area contributed by atoms with Crippen molar-refractivity contribution in [2.45, 2.75) is 38.2 Å². The maximum absolute atomic E-state index is 11.1. The Balaban J connectivity index is 2.05. The van der Waals surface area contributed by atoms with Gasteiger partial charge in [-0.25, -0.2) is 0 Å². The van der Waals surface area contributed by atoms with Gasteiger partial charge in [-0.3, -0.25) is 0 Å². The molecular formula is C19H22O2. The average Bonchev–Trinajstić information content (AvgIpc) is 2.54. The standard InChI is InChI=1S/C19H22O2/c1-19(20,17-9-5-6-10-18(17)21-2)16-12-11-14-7-3-4-8-15(14)13-16/h5-6,9-13,20H,3-4,7-8H2,1-2H3. The molecule has 0 saturated carbocycles. The van der Waals surface area contributed by atoms with Gasteiger partial charge in [0.05, 0.1) is 7.11 Å². The topological polar surface area (TPSA) is 29.5 Å². The van der Waals surface area contributed by atoms with Crippen molar-refractivity contribution in [1.82, 2.24) is 0 Å². The Morgan fingerprint density at radius 3 is 2.48 bits per heavy atom. The largest absolute Gasteiger partial charge is 0.496 e. The molecule has 0 aromatic heterocycles. The van der Waals surface area contributed by atoms with Gasteiger partial charge in [0.15, 0.2) is 0 Å². The number of rotatable bonds is 3. The third-order valence-corrected chi connectivity index (χ3v) is 4.54. The molecule has 0 fully saturated rings. The van der Waals surface area contributed by atoms with Gasteiger partial charge in [-0.05, 0) is 55.4 Å². The molecule has 2 heteroatoms. The van der Waals surface area contributed by atoms with Gasteiger partial charge in [0, 0.05) is 5.56 Å². The van der Waals surface area contributed by atoms with E-state index in [1.165, 1.54) is 24.0 Å². The first-order valence-electron chi connectivity index (χ1n) is 7.61. The highest BCUT2D eigenvalue weighted by Gasteiger charge is 2.29. The van der Waals surface area contributed by atoms with E-state index in [-0.39, 0.29) is 0 Å². The molecule has 1 aliphatic carbocycles. The fourth-order valence-corrected chi connectivity index (χ4v) is 3.24. The maximum Gasteiger partial charge on any atom is 0.125 e. The van der Waals surface area contributed by atoms with Gasteiger partial charge in [0.2, 0.25) is 0 Å². The molecule has 21 heavy (non-hydrogen) atoms. The Kier molecular flexibility index (Phi) is 3.73. The minimum absolute atomic E-state index is 0.722. The van der Waals surface area contributed by atoms with E-state index in [2.05, 4.69) is 18.2 Å². The van der Waals surface area contributed by atoms with Crippen LogP contribution in [0.15, 0.2) is 42.5 Å². The summed E-state index contributed by atoms with van der Waals surface area (Å²) < 4.78 is 5.41. The van der Waals surface area contributed by atoms with Crippen molar-refractivity contribution in [1.29, 1.82) is 0 Å². The first kappa shape index (κ1) is 14.2. The van der Waals surface area contributed by atoms with E-state index in [0.29, 0.717) is 0 Å². The number of aliphatic hydroxyl groups is 1. The van der Waals surface area contributed by atoms with Gasteiger partial charge in [0.25, 0.3) is 0 Å². The second-order valence-corrected chi connectivity index (χ2v) is 5.96. The van der Waals surface area contributed by atoms with Crippen molar-refractivity contribution in [3.05, 3.63) is 64.7 Å². The lowest BCUT2D eigenvalue weighted by Crippen LogP contribution is -2.24. The lowest BCUT2D eigenvalue weighted by atomic mass is 9.83. The molecule has 0 bridgehead atoms. The van der Waals surface area contributed by atoms with E-state index < -0.39 is 5.60 Å². The van der Waals surface area contributed by atoms with Crippen LogP contribution in [0.4, 0.5) is 0 Å². The summed E-state index contributed by atoms with van der Waals surface area (Å²) >= 11 is 0. The summed E-state index contributed by atoms with van der Waals surface area (Å²) in [5.74, 6) is 0.722. The molecule has 0 aliphatic heterocycles. The predicted molar refractivity (Wildman–Crippen MR) is 84.8 cm³/mol. The fraction of sp³-hybridized carbons (Fsp3) is 0.368. The Morgan fingerprint density at radius 2 is 1.71 bits per heavy atom. The Labute approximate surface area is 126 Å². The maximum atomic E-state index is 11.1. The number of para-hydroxylation sites is 1. The van der Waals surface area contributed by atoms with Crippen LogP contribution in [0.2, 0.25) is 0 Å². The van der Waals surface area contributed by atoms with E-state index >= 15 is 0 Å². The average molecular weight is 282 g/mol. The minimum atomic E-state index is -1.04. The van der Waals surface area contributed by atoms with Crippen LogP contribution in [0.5, 0.6) is 5.75 Å². The fourth-order valence-electron chi connectivity index (χ4n) is 3.24. The van der Waals surface area contributed by atoms with Gasteiger partial charge in [-0.1, -0.05) is 36.4 Å². The van der Waals surface area contributed by atoms with E-state index in [4.69, 9.17) is 4.74 Å². The molecule has 2 aromatic rings. The molecule has 2 aromatic carbocycles. The molecule has 1 unspecified atom stereocenters. The first-order chi connectivity index (χ1) is 10.1. The molecule has 0 heterocycles. The highest BCUT2D eigenvalue weighted by atomic mass is 16.5. The van der Waals surface area contributed by atoms with Gasteiger partial charge < -0.3 is 9.84 Å². The Hall–Kier alpha value is -1.80. The smallest absolute Gasteiger partial charge is 0.125 e. The summed E-state index contributed by atoms with van der Waals surface area (Å²) in [7, 11) is 1.64. The molecule has 0 spiro atoms. The van der Waals surface area contributed by atoms with E-state index in [1.807, 2.05) is 31.2 Å². The van der Waals surface area contributed by atoms with Crippen LogP contribution in [0.3, 0.4) is 0 Å². The third kappa shape index (κ3) is 2.56. The number of hydrogen-bond donors (Lipinski definition) is 1.